The topological polar surface area (TPSA) is 47.6 Å². The molecule has 8 heteroatoms. The minimum atomic E-state index is -4.53. The third kappa shape index (κ3) is 4.79. The van der Waals surface area contributed by atoms with Crippen molar-refractivity contribution in [1.82, 2.24) is 0 Å². The third-order valence-electron chi connectivity index (χ3n) is 2.98. The van der Waals surface area contributed by atoms with Crippen molar-refractivity contribution >= 4 is 23.2 Å². The van der Waals surface area contributed by atoms with Gasteiger partial charge < -0.3 is 14.8 Å². The second-order valence-corrected chi connectivity index (χ2v) is 5.12. The Bertz CT molecular complexity index is 735. The van der Waals surface area contributed by atoms with Gasteiger partial charge in [0.25, 0.3) is 5.91 Å². The Hall–Kier alpha value is -2.41. The number of hydrogen-bond acceptors (Lipinski definition) is 3. The Morgan fingerprint density at radius 1 is 1.17 bits per heavy atom. The maximum Gasteiger partial charge on any atom is 0.416 e. The van der Waals surface area contributed by atoms with Gasteiger partial charge >= 0.3 is 6.18 Å². The van der Waals surface area contributed by atoms with Gasteiger partial charge in [0.2, 0.25) is 0 Å². The van der Waals surface area contributed by atoms with Crippen LogP contribution in [0.1, 0.15) is 5.56 Å². The number of amides is 1. The Kier molecular flexibility index (Phi) is 5.56. The summed E-state index contributed by atoms with van der Waals surface area (Å²) in [6.45, 7) is -0.389. The van der Waals surface area contributed by atoms with E-state index in [2.05, 4.69) is 5.32 Å². The van der Waals surface area contributed by atoms with Crippen LogP contribution in [0.2, 0.25) is 5.02 Å². The molecule has 128 valence electrons. The molecule has 0 saturated carbocycles. The number of methoxy groups -OCH3 is 1. The molecule has 0 bridgehead atoms. The fourth-order valence-corrected chi connectivity index (χ4v) is 1.99. The van der Waals surface area contributed by atoms with Crippen molar-refractivity contribution in [3.05, 3.63) is 53.1 Å². The lowest BCUT2D eigenvalue weighted by Crippen LogP contribution is -2.20. The van der Waals surface area contributed by atoms with Gasteiger partial charge in [0.15, 0.2) is 6.61 Å². The fraction of sp³-hybridized carbons (Fsp3) is 0.188. The van der Waals surface area contributed by atoms with Crippen molar-refractivity contribution < 1.29 is 27.4 Å². The maximum absolute atomic E-state index is 12.7. The molecule has 1 N–H and O–H groups in total. The standard InChI is InChI=1S/C16H13ClF3NO3/c1-23-11-3-2-4-12(8-11)24-9-15(22)21-14-7-10(16(18,19)20)5-6-13(14)17/h2-8H,9H2,1H3,(H,21,22). The molecule has 0 aromatic heterocycles. The molecule has 4 nitrogen and oxygen atoms in total. The molecule has 0 aliphatic heterocycles. The molecule has 0 aliphatic rings. The van der Waals surface area contributed by atoms with Crippen LogP contribution in [0.15, 0.2) is 42.5 Å². The van der Waals surface area contributed by atoms with Crippen LogP contribution in [0.4, 0.5) is 18.9 Å². The summed E-state index contributed by atoms with van der Waals surface area (Å²) in [4.78, 5) is 11.8. The van der Waals surface area contributed by atoms with Gasteiger partial charge in [-0.05, 0) is 30.3 Å². The van der Waals surface area contributed by atoms with Crippen molar-refractivity contribution in [2.24, 2.45) is 0 Å². The number of carbonyl (C=O) groups excluding carboxylic acids is 1. The molecule has 2 rings (SSSR count). The second kappa shape index (κ2) is 7.44. The lowest BCUT2D eigenvalue weighted by Gasteiger charge is -2.12. The SMILES string of the molecule is COc1cccc(OCC(=O)Nc2cc(C(F)(F)F)ccc2Cl)c1. The minimum Gasteiger partial charge on any atom is -0.497 e. The quantitative estimate of drug-likeness (QED) is 0.861. The summed E-state index contributed by atoms with van der Waals surface area (Å²) in [5, 5.41) is 2.29. The van der Waals surface area contributed by atoms with Crippen LogP contribution < -0.4 is 14.8 Å². The van der Waals surface area contributed by atoms with Crippen molar-refractivity contribution in [3.8, 4) is 11.5 Å². The molecular formula is C16H13ClF3NO3. The Balaban J connectivity index is 2.02. The van der Waals surface area contributed by atoms with Gasteiger partial charge in [-0.2, -0.15) is 13.2 Å². The van der Waals surface area contributed by atoms with Gasteiger partial charge in [-0.15, -0.1) is 0 Å². The number of anilines is 1. The van der Waals surface area contributed by atoms with E-state index in [1.807, 2.05) is 0 Å². The zero-order chi connectivity index (χ0) is 17.7. The summed E-state index contributed by atoms with van der Waals surface area (Å²) >= 11 is 5.81. The van der Waals surface area contributed by atoms with Crippen LogP contribution >= 0.6 is 11.6 Å². The molecule has 0 saturated heterocycles. The van der Waals surface area contributed by atoms with E-state index in [4.69, 9.17) is 21.1 Å². The van der Waals surface area contributed by atoms with E-state index in [0.717, 1.165) is 18.2 Å². The molecule has 2 aromatic carbocycles. The maximum atomic E-state index is 12.7. The first-order chi connectivity index (χ1) is 11.3. The first-order valence-corrected chi connectivity index (χ1v) is 7.11. The zero-order valence-corrected chi connectivity index (χ0v) is 13.2. The van der Waals surface area contributed by atoms with Crippen molar-refractivity contribution in [2.75, 3.05) is 19.0 Å². The van der Waals surface area contributed by atoms with Crippen molar-refractivity contribution in [3.63, 3.8) is 0 Å². The van der Waals surface area contributed by atoms with Gasteiger partial charge in [0.1, 0.15) is 11.5 Å². The van der Waals surface area contributed by atoms with Crippen LogP contribution in [0, 0.1) is 0 Å². The molecule has 0 fully saturated rings. The Morgan fingerprint density at radius 2 is 1.88 bits per heavy atom. The molecule has 0 spiro atoms. The van der Waals surface area contributed by atoms with E-state index in [-0.39, 0.29) is 17.3 Å². The first-order valence-electron chi connectivity index (χ1n) is 6.73. The number of ether oxygens (including phenoxy) is 2. The van der Waals surface area contributed by atoms with Crippen LogP contribution in [0.25, 0.3) is 0 Å². The van der Waals surface area contributed by atoms with Gasteiger partial charge in [-0.25, -0.2) is 0 Å². The van der Waals surface area contributed by atoms with Crippen LogP contribution in [0.3, 0.4) is 0 Å². The van der Waals surface area contributed by atoms with Crippen LogP contribution in [-0.2, 0) is 11.0 Å². The van der Waals surface area contributed by atoms with E-state index >= 15 is 0 Å². The van der Waals surface area contributed by atoms with Gasteiger partial charge in [-0.3, -0.25) is 4.79 Å². The summed E-state index contributed by atoms with van der Waals surface area (Å²) in [5.74, 6) is 0.299. The number of benzene rings is 2. The second-order valence-electron chi connectivity index (χ2n) is 4.71. The third-order valence-corrected chi connectivity index (χ3v) is 3.31. The molecule has 0 atom stereocenters. The highest BCUT2D eigenvalue weighted by Gasteiger charge is 2.31. The number of nitrogens with one attached hydrogen (secondary N) is 1. The average molecular weight is 360 g/mol. The fourth-order valence-electron chi connectivity index (χ4n) is 1.82. The summed E-state index contributed by atoms with van der Waals surface area (Å²) in [5.41, 5.74) is -1.04. The molecule has 0 unspecified atom stereocenters. The zero-order valence-electron chi connectivity index (χ0n) is 12.5. The highest BCUT2D eigenvalue weighted by molar-refractivity contribution is 6.33. The van der Waals surface area contributed by atoms with Gasteiger partial charge in [-0.1, -0.05) is 17.7 Å². The number of rotatable bonds is 5. The molecule has 0 aliphatic carbocycles. The molecular weight excluding hydrogens is 347 g/mol. The largest absolute Gasteiger partial charge is 0.497 e. The number of alkyl halides is 3. The highest BCUT2D eigenvalue weighted by atomic mass is 35.5. The smallest absolute Gasteiger partial charge is 0.416 e. The average Bonchev–Trinajstić information content (AvgIpc) is 2.54. The van der Waals surface area contributed by atoms with E-state index < -0.39 is 17.6 Å². The number of carbonyl (C=O) groups is 1. The lowest BCUT2D eigenvalue weighted by molar-refractivity contribution is -0.137. The molecule has 2 aromatic rings. The normalized spacial score (nSPS) is 11.0. The van der Waals surface area contributed by atoms with Gasteiger partial charge in [0.05, 0.1) is 23.4 Å². The van der Waals surface area contributed by atoms with Crippen LogP contribution in [0.5, 0.6) is 11.5 Å². The highest BCUT2D eigenvalue weighted by Crippen LogP contribution is 2.33. The van der Waals surface area contributed by atoms with Crippen molar-refractivity contribution in [1.29, 1.82) is 0 Å². The predicted octanol–water partition coefficient (Wildman–Crippen LogP) is 4.38. The minimum absolute atomic E-state index is 0.00210. The summed E-state index contributed by atoms with van der Waals surface area (Å²) in [7, 11) is 1.49. The van der Waals surface area contributed by atoms with E-state index in [1.54, 1.807) is 24.3 Å². The monoisotopic (exact) mass is 359 g/mol. The van der Waals surface area contributed by atoms with E-state index in [0.29, 0.717) is 11.5 Å². The first kappa shape index (κ1) is 17.9. The molecule has 24 heavy (non-hydrogen) atoms. The Labute approximate surface area is 141 Å². The van der Waals surface area contributed by atoms with E-state index in [1.165, 1.54) is 7.11 Å². The molecule has 0 heterocycles. The number of hydrogen-bond donors (Lipinski definition) is 1. The predicted molar refractivity (Wildman–Crippen MR) is 83.6 cm³/mol. The molecule has 1 amide bonds. The van der Waals surface area contributed by atoms with Crippen molar-refractivity contribution in [2.45, 2.75) is 6.18 Å². The Morgan fingerprint density at radius 3 is 2.54 bits per heavy atom. The van der Waals surface area contributed by atoms with Crippen LogP contribution in [-0.4, -0.2) is 19.6 Å². The summed E-state index contributed by atoms with van der Waals surface area (Å²) in [6.07, 6.45) is -4.53. The molecule has 0 radical (unpaired) electrons. The number of halogens is 4. The summed E-state index contributed by atoms with van der Waals surface area (Å²) in [6, 6.07) is 9.25. The van der Waals surface area contributed by atoms with E-state index in [9.17, 15) is 18.0 Å². The lowest BCUT2D eigenvalue weighted by atomic mass is 10.2. The van der Waals surface area contributed by atoms with Gasteiger partial charge in [0, 0.05) is 6.07 Å². The summed E-state index contributed by atoms with van der Waals surface area (Å²) < 4.78 is 48.3.